The summed E-state index contributed by atoms with van der Waals surface area (Å²) in [6.07, 6.45) is 1.47. The maximum Gasteiger partial charge on any atom is 0.216 e. The van der Waals surface area contributed by atoms with Gasteiger partial charge in [0.2, 0.25) is 4.69 Å². The normalized spacial score (nSPS) is 7.57. The highest BCUT2D eigenvalue weighted by Gasteiger charge is 1.86. The van der Waals surface area contributed by atoms with E-state index in [1.807, 2.05) is 0 Å². The Kier molecular flexibility index (Phi) is 3.69. The number of nitrogens with one attached hydrogen (secondary N) is 1. The molecule has 40 valence electrons. The molecule has 0 aromatic heterocycles. The average molecular weight is 164 g/mol. The van der Waals surface area contributed by atoms with Gasteiger partial charge in [-0.1, -0.05) is 6.58 Å². The van der Waals surface area contributed by atoms with Gasteiger partial charge in [0.05, 0.1) is 6.54 Å². The van der Waals surface area contributed by atoms with Crippen LogP contribution in [0.1, 0.15) is 0 Å². The summed E-state index contributed by atoms with van der Waals surface area (Å²) in [4.78, 5) is 10.0. The Morgan fingerprint density at radius 1 is 2.00 bits per heavy atom. The minimum Gasteiger partial charge on any atom is -0.383 e. The van der Waals surface area contributed by atoms with E-state index in [4.69, 9.17) is 0 Å². The van der Waals surface area contributed by atoms with E-state index in [1.54, 1.807) is 0 Å². The van der Waals surface area contributed by atoms with Crippen LogP contribution in [0.3, 0.4) is 0 Å². The topological polar surface area (TPSA) is 29.1 Å². The lowest BCUT2D eigenvalue weighted by atomic mass is 10.7. The van der Waals surface area contributed by atoms with Crippen LogP contribution >= 0.6 is 15.9 Å². The van der Waals surface area contributed by atoms with Gasteiger partial charge in [-0.2, -0.15) is 0 Å². The van der Waals surface area contributed by atoms with Gasteiger partial charge in [-0.05, 0) is 22.1 Å². The average Bonchev–Trinajstić information content (AvgIpc) is 1.61. The quantitative estimate of drug-likeness (QED) is 0.620. The zero-order chi connectivity index (χ0) is 5.70. The van der Waals surface area contributed by atoms with Gasteiger partial charge in [-0.25, -0.2) is 0 Å². The van der Waals surface area contributed by atoms with Crippen LogP contribution < -0.4 is 5.32 Å². The Labute approximate surface area is 50.7 Å². The van der Waals surface area contributed by atoms with Gasteiger partial charge in [-0.3, -0.25) is 4.79 Å². The Bertz CT molecular complexity index is 81.8. The summed E-state index contributed by atoms with van der Waals surface area (Å²) in [7, 11) is 0. The molecule has 0 aliphatic carbocycles. The summed E-state index contributed by atoms with van der Waals surface area (Å²) >= 11 is 2.73. The fraction of sp³-hybridized carbons (Fsp3) is 0.250. The summed E-state index contributed by atoms with van der Waals surface area (Å²) in [6.45, 7) is 3.66. The van der Waals surface area contributed by atoms with Crippen LogP contribution in [0.2, 0.25) is 0 Å². The van der Waals surface area contributed by atoms with Gasteiger partial charge >= 0.3 is 0 Å². The molecular formula is C4H6BrNO. The second kappa shape index (κ2) is 3.87. The molecule has 2 nitrogen and oxygen atoms in total. The van der Waals surface area contributed by atoms with Crippen LogP contribution in [0.25, 0.3) is 0 Å². The van der Waals surface area contributed by atoms with Gasteiger partial charge in [-0.15, -0.1) is 0 Å². The summed E-state index contributed by atoms with van der Waals surface area (Å²) in [6, 6.07) is 0. The molecule has 0 unspecified atom stereocenters. The fourth-order valence-corrected chi connectivity index (χ4v) is 0.314. The molecule has 0 aliphatic heterocycles. The van der Waals surface area contributed by atoms with Gasteiger partial charge in [0.25, 0.3) is 0 Å². The van der Waals surface area contributed by atoms with Gasteiger partial charge < -0.3 is 5.32 Å². The van der Waals surface area contributed by atoms with Crippen molar-refractivity contribution in [1.82, 2.24) is 5.32 Å². The van der Waals surface area contributed by atoms with E-state index in [1.165, 1.54) is 6.20 Å². The Balaban J connectivity index is 2.97. The van der Waals surface area contributed by atoms with Crippen molar-refractivity contribution < 1.29 is 4.79 Å². The van der Waals surface area contributed by atoms with Crippen molar-refractivity contribution in [2.45, 2.75) is 0 Å². The van der Waals surface area contributed by atoms with Crippen molar-refractivity contribution in [3.05, 3.63) is 12.8 Å². The predicted molar refractivity (Wildman–Crippen MR) is 32.1 cm³/mol. The second-order valence-electron chi connectivity index (χ2n) is 0.940. The number of hydrogen-bond acceptors (Lipinski definition) is 2. The molecule has 0 amide bonds. The van der Waals surface area contributed by atoms with Crippen LogP contribution in [0.15, 0.2) is 12.8 Å². The van der Waals surface area contributed by atoms with Gasteiger partial charge in [0.1, 0.15) is 0 Å². The standard InChI is InChI=1S/C4H6BrNO/c1-2-6-3-4(5)7/h2,6H,1,3H2. The van der Waals surface area contributed by atoms with E-state index in [0.29, 0.717) is 6.54 Å². The highest BCUT2D eigenvalue weighted by molar-refractivity contribution is 9.18. The molecular weight excluding hydrogens is 158 g/mol. The van der Waals surface area contributed by atoms with Crippen LogP contribution in [-0.2, 0) is 4.79 Å². The number of hydrogen-bond donors (Lipinski definition) is 1. The second-order valence-corrected chi connectivity index (χ2v) is 1.82. The number of carbonyl (C=O) groups is 1. The number of carbonyl (C=O) groups excluding carboxylic acids is 1. The molecule has 0 atom stereocenters. The smallest absolute Gasteiger partial charge is 0.216 e. The molecule has 1 N–H and O–H groups in total. The molecule has 0 aromatic rings. The van der Waals surface area contributed by atoms with Crippen molar-refractivity contribution in [3.8, 4) is 0 Å². The zero-order valence-corrected chi connectivity index (χ0v) is 5.36. The first-order valence-electron chi connectivity index (χ1n) is 1.80. The summed E-state index contributed by atoms with van der Waals surface area (Å²) in [5, 5.41) is 2.62. The van der Waals surface area contributed by atoms with Crippen molar-refractivity contribution in [2.75, 3.05) is 6.54 Å². The summed E-state index contributed by atoms with van der Waals surface area (Å²) < 4.78 is -0.0626. The number of halogens is 1. The van der Waals surface area contributed by atoms with E-state index in [2.05, 4.69) is 27.8 Å². The SMILES string of the molecule is C=CNCC(=O)Br. The maximum atomic E-state index is 10.0. The van der Waals surface area contributed by atoms with E-state index in [9.17, 15) is 4.79 Å². The molecule has 0 radical (unpaired) electrons. The van der Waals surface area contributed by atoms with Crippen LogP contribution in [0.4, 0.5) is 0 Å². The first-order valence-corrected chi connectivity index (χ1v) is 2.59. The Morgan fingerprint density at radius 3 is 2.71 bits per heavy atom. The lowest BCUT2D eigenvalue weighted by Gasteiger charge is -1.88. The summed E-state index contributed by atoms with van der Waals surface area (Å²) in [5.41, 5.74) is 0. The lowest BCUT2D eigenvalue weighted by molar-refractivity contribution is -0.109. The van der Waals surface area contributed by atoms with Crippen LogP contribution in [-0.4, -0.2) is 11.2 Å². The molecule has 0 bridgehead atoms. The molecule has 0 saturated carbocycles. The number of rotatable bonds is 3. The lowest BCUT2D eigenvalue weighted by Crippen LogP contribution is -2.11. The molecule has 0 saturated heterocycles. The predicted octanol–water partition coefficient (Wildman–Crippen LogP) is 0.641. The molecule has 3 heteroatoms. The largest absolute Gasteiger partial charge is 0.383 e. The highest BCUT2D eigenvalue weighted by Crippen LogP contribution is 1.78. The van der Waals surface area contributed by atoms with Gasteiger partial charge in [0.15, 0.2) is 0 Å². The van der Waals surface area contributed by atoms with Crippen molar-refractivity contribution >= 4 is 20.6 Å². The van der Waals surface area contributed by atoms with E-state index in [-0.39, 0.29) is 4.69 Å². The first kappa shape index (κ1) is 6.69. The summed E-state index contributed by atoms with van der Waals surface area (Å²) in [5.74, 6) is 0. The minimum absolute atomic E-state index is 0.0626. The van der Waals surface area contributed by atoms with E-state index >= 15 is 0 Å². The third-order valence-corrected chi connectivity index (χ3v) is 0.666. The van der Waals surface area contributed by atoms with Crippen molar-refractivity contribution in [1.29, 1.82) is 0 Å². The van der Waals surface area contributed by atoms with Crippen molar-refractivity contribution in [3.63, 3.8) is 0 Å². The molecule has 0 aliphatic rings. The maximum absolute atomic E-state index is 10.0. The minimum atomic E-state index is -0.0626. The third-order valence-electron chi connectivity index (χ3n) is 0.385. The monoisotopic (exact) mass is 163 g/mol. The van der Waals surface area contributed by atoms with E-state index in [0.717, 1.165) is 0 Å². The molecule has 0 heterocycles. The zero-order valence-electron chi connectivity index (χ0n) is 3.78. The molecule has 7 heavy (non-hydrogen) atoms. The molecule has 0 rings (SSSR count). The first-order chi connectivity index (χ1) is 3.27. The Morgan fingerprint density at radius 2 is 2.57 bits per heavy atom. The van der Waals surface area contributed by atoms with E-state index < -0.39 is 0 Å². The molecule has 0 spiro atoms. The molecule has 0 aromatic carbocycles. The highest BCUT2D eigenvalue weighted by atomic mass is 79.9. The van der Waals surface area contributed by atoms with Crippen LogP contribution in [0, 0.1) is 0 Å². The van der Waals surface area contributed by atoms with Crippen LogP contribution in [0.5, 0.6) is 0 Å². The third kappa shape index (κ3) is 5.69. The Hall–Kier alpha value is -0.310. The molecule has 0 fully saturated rings. The van der Waals surface area contributed by atoms with Crippen molar-refractivity contribution in [2.24, 2.45) is 0 Å². The fourth-order valence-electron chi connectivity index (χ4n) is 0.152. The van der Waals surface area contributed by atoms with Gasteiger partial charge in [0, 0.05) is 0 Å².